The molecule has 1 aromatic carbocycles. The number of nitrogens with one attached hydrogen (secondary N) is 2. The summed E-state index contributed by atoms with van der Waals surface area (Å²) in [5, 5.41) is 6.26. The van der Waals surface area contributed by atoms with Crippen LogP contribution in [0.2, 0.25) is 0 Å². The molecule has 0 saturated heterocycles. The number of amides is 1. The molecule has 1 amide bonds. The third kappa shape index (κ3) is 3.78. The maximum atomic E-state index is 12.4. The highest BCUT2D eigenvalue weighted by atomic mass is 32.2. The molecule has 0 unspecified atom stereocenters. The van der Waals surface area contributed by atoms with Crippen molar-refractivity contribution in [1.29, 1.82) is 0 Å². The second-order valence-corrected chi connectivity index (χ2v) is 8.60. The molecule has 0 aliphatic carbocycles. The van der Waals surface area contributed by atoms with Crippen LogP contribution in [0.15, 0.2) is 41.4 Å². The van der Waals surface area contributed by atoms with E-state index in [1.54, 1.807) is 13.0 Å². The quantitative estimate of drug-likeness (QED) is 0.811. The van der Waals surface area contributed by atoms with Gasteiger partial charge < -0.3 is 10.6 Å². The zero-order chi connectivity index (χ0) is 18.7. The molecule has 1 aliphatic heterocycles. The number of sulfone groups is 1. The fourth-order valence-corrected chi connectivity index (χ4v) is 3.91. The number of aromatic nitrogens is 1. The topological polar surface area (TPSA) is 88.2 Å². The van der Waals surface area contributed by atoms with Crippen molar-refractivity contribution < 1.29 is 13.2 Å². The second kappa shape index (κ2) is 7.55. The third-order valence-corrected chi connectivity index (χ3v) is 6.41. The molecule has 0 radical (unpaired) electrons. The van der Waals surface area contributed by atoms with Crippen LogP contribution in [-0.2, 0) is 22.9 Å². The molecule has 0 spiro atoms. The highest BCUT2D eigenvalue weighted by Gasteiger charge is 2.21. The summed E-state index contributed by atoms with van der Waals surface area (Å²) in [4.78, 5) is 16.7. The van der Waals surface area contributed by atoms with Gasteiger partial charge in [-0.05, 0) is 41.8 Å². The van der Waals surface area contributed by atoms with Crippen molar-refractivity contribution in [2.45, 2.75) is 44.3 Å². The normalized spacial score (nSPS) is 16.3. The van der Waals surface area contributed by atoms with Crippen LogP contribution in [0.4, 0.5) is 0 Å². The van der Waals surface area contributed by atoms with Crippen molar-refractivity contribution in [3.63, 3.8) is 0 Å². The third-order valence-electron chi connectivity index (χ3n) is 4.69. The summed E-state index contributed by atoms with van der Waals surface area (Å²) in [7, 11) is -3.26. The second-order valence-electron chi connectivity index (χ2n) is 6.33. The predicted octanol–water partition coefficient (Wildman–Crippen LogP) is 2.36. The molecule has 26 heavy (non-hydrogen) atoms. The summed E-state index contributed by atoms with van der Waals surface area (Å²) in [6.07, 6.45) is 2.36. The number of carbonyl (C=O) groups is 1. The summed E-state index contributed by atoms with van der Waals surface area (Å²) in [6.45, 7) is 4.76. The van der Waals surface area contributed by atoms with Gasteiger partial charge in [0.05, 0.1) is 22.9 Å². The van der Waals surface area contributed by atoms with E-state index in [1.807, 2.05) is 18.2 Å². The zero-order valence-corrected chi connectivity index (χ0v) is 15.8. The maximum Gasteiger partial charge on any atom is 0.251 e. The van der Waals surface area contributed by atoms with Crippen LogP contribution in [0.1, 0.15) is 53.5 Å². The lowest BCUT2D eigenvalue weighted by molar-refractivity contribution is 0.0950. The Morgan fingerprint density at radius 2 is 2.08 bits per heavy atom. The Labute approximate surface area is 154 Å². The Kier molecular flexibility index (Phi) is 5.38. The molecule has 1 aliphatic rings. The molecule has 1 atom stereocenters. The number of benzene rings is 1. The van der Waals surface area contributed by atoms with Crippen LogP contribution >= 0.6 is 0 Å². The summed E-state index contributed by atoms with van der Waals surface area (Å²) in [6, 6.07) is 9.30. The minimum atomic E-state index is -3.26. The van der Waals surface area contributed by atoms with Gasteiger partial charge in [-0.25, -0.2) is 8.42 Å². The standard InChI is InChI=1S/C19H23N3O3S/c1-3-18-17-8-5-13(9-14(17)10-21-18)19(23)22-11-15-6-7-16(12-20-15)26(24,25)4-2/h5-9,12,18,21H,3-4,10-11H2,1-2H3,(H,22,23)/t18-/m0/s1. The molecule has 2 aromatic rings. The molecule has 0 saturated carbocycles. The van der Waals surface area contributed by atoms with E-state index in [2.05, 4.69) is 22.5 Å². The predicted molar refractivity (Wildman–Crippen MR) is 99.4 cm³/mol. The maximum absolute atomic E-state index is 12.4. The van der Waals surface area contributed by atoms with Gasteiger partial charge in [0, 0.05) is 24.3 Å². The lowest BCUT2D eigenvalue weighted by Gasteiger charge is -2.10. The summed E-state index contributed by atoms with van der Waals surface area (Å²) < 4.78 is 23.6. The lowest BCUT2D eigenvalue weighted by Crippen LogP contribution is -2.23. The van der Waals surface area contributed by atoms with Gasteiger partial charge in [-0.15, -0.1) is 0 Å². The number of hydrogen-bond acceptors (Lipinski definition) is 5. The molecular weight excluding hydrogens is 350 g/mol. The first kappa shape index (κ1) is 18.5. The molecule has 7 heteroatoms. The molecule has 0 fully saturated rings. The molecule has 2 heterocycles. The lowest BCUT2D eigenvalue weighted by atomic mass is 10.0. The van der Waals surface area contributed by atoms with Gasteiger partial charge in [0.1, 0.15) is 0 Å². The van der Waals surface area contributed by atoms with Gasteiger partial charge in [0.15, 0.2) is 9.84 Å². The van der Waals surface area contributed by atoms with Gasteiger partial charge in [-0.3, -0.25) is 9.78 Å². The van der Waals surface area contributed by atoms with Gasteiger partial charge >= 0.3 is 0 Å². The SMILES string of the molecule is CC[C@@H]1NCc2cc(C(=O)NCc3ccc(S(=O)(=O)CC)cn3)ccc21. The molecular formula is C19H23N3O3S. The highest BCUT2D eigenvalue weighted by molar-refractivity contribution is 7.91. The van der Waals surface area contributed by atoms with Crippen molar-refractivity contribution in [1.82, 2.24) is 15.6 Å². The van der Waals surface area contributed by atoms with Gasteiger partial charge in [0.25, 0.3) is 5.91 Å². The first-order valence-corrected chi connectivity index (χ1v) is 10.4. The van der Waals surface area contributed by atoms with E-state index in [9.17, 15) is 13.2 Å². The highest BCUT2D eigenvalue weighted by Crippen LogP contribution is 2.28. The van der Waals surface area contributed by atoms with E-state index < -0.39 is 9.84 Å². The Balaban J connectivity index is 1.64. The average Bonchev–Trinajstić information content (AvgIpc) is 3.08. The van der Waals surface area contributed by atoms with E-state index in [0.29, 0.717) is 17.3 Å². The molecule has 3 rings (SSSR count). The Hall–Kier alpha value is -2.25. The number of nitrogens with zero attached hydrogens (tertiary/aromatic N) is 1. The van der Waals surface area contributed by atoms with Gasteiger partial charge in [0.2, 0.25) is 0 Å². The number of pyridine rings is 1. The fourth-order valence-electron chi connectivity index (χ4n) is 3.09. The smallest absolute Gasteiger partial charge is 0.251 e. The van der Waals surface area contributed by atoms with Crippen LogP contribution in [0.25, 0.3) is 0 Å². The molecule has 138 valence electrons. The summed E-state index contributed by atoms with van der Waals surface area (Å²) in [5.74, 6) is -0.128. The van der Waals surface area contributed by atoms with Crippen molar-refractivity contribution in [2.75, 3.05) is 5.75 Å². The monoisotopic (exact) mass is 373 g/mol. The number of carbonyl (C=O) groups excluding carboxylic acids is 1. The van der Waals surface area contributed by atoms with E-state index in [4.69, 9.17) is 0 Å². The average molecular weight is 373 g/mol. The van der Waals surface area contributed by atoms with Crippen molar-refractivity contribution >= 4 is 15.7 Å². The van der Waals surface area contributed by atoms with Gasteiger partial charge in [-0.1, -0.05) is 19.9 Å². The number of rotatable bonds is 6. The summed E-state index contributed by atoms with van der Waals surface area (Å²) >= 11 is 0. The molecule has 1 aromatic heterocycles. The molecule has 0 bridgehead atoms. The van der Waals surface area contributed by atoms with Crippen molar-refractivity contribution in [3.05, 3.63) is 58.9 Å². The van der Waals surface area contributed by atoms with Crippen LogP contribution in [0, 0.1) is 0 Å². The Morgan fingerprint density at radius 3 is 2.73 bits per heavy atom. The Morgan fingerprint density at radius 1 is 1.27 bits per heavy atom. The minimum Gasteiger partial charge on any atom is -0.346 e. The first-order valence-electron chi connectivity index (χ1n) is 8.76. The van der Waals surface area contributed by atoms with Crippen LogP contribution in [-0.4, -0.2) is 25.1 Å². The van der Waals surface area contributed by atoms with Crippen LogP contribution in [0.5, 0.6) is 0 Å². The van der Waals surface area contributed by atoms with Gasteiger partial charge in [-0.2, -0.15) is 0 Å². The fraction of sp³-hybridized carbons (Fsp3) is 0.368. The van der Waals surface area contributed by atoms with Crippen LogP contribution in [0.3, 0.4) is 0 Å². The largest absolute Gasteiger partial charge is 0.346 e. The Bertz CT molecular complexity index is 908. The number of fused-ring (bicyclic) bond motifs is 1. The molecule has 6 nitrogen and oxygen atoms in total. The van der Waals surface area contributed by atoms with E-state index in [1.165, 1.54) is 17.8 Å². The van der Waals surface area contributed by atoms with Crippen molar-refractivity contribution in [2.24, 2.45) is 0 Å². The minimum absolute atomic E-state index is 0.0385. The molecule has 2 N–H and O–H groups in total. The number of hydrogen-bond donors (Lipinski definition) is 2. The zero-order valence-electron chi connectivity index (χ0n) is 15.0. The van der Waals surface area contributed by atoms with E-state index >= 15 is 0 Å². The van der Waals surface area contributed by atoms with Crippen LogP contribution < -0.4 is 10.6 Å². The summed E-state index contributed by atoms with van der Waals surface area (Å²) in [5.41, 5.74) is 3.66. The van der Waals surface area contributed by atoms with E-state index in [0.717, 1.165) is 18.5 Å². The van der Waals surface area contributed by atoms with Crippen molar-refractivity contribution in [3.8, 4) is 0 Å². The van der Waals surface area contributed by atoms with E-state index in [-0.39, 0.29) is 23.1 Å². The first-order chi connectivity index (χ1) is 12.4.